The summed E-state index contributed by atoms with van der Waals surface area (Å²) in [7, 11) is 2.03. The van der Waals surface area contributed by atoms with Crippen molar-refractivity contribution in [2.45, 2.75) is 46.5 Å². The topological polar surface area (TPSA) is 12.0 Å². The highest BCUT2D eigenvalue weighted by atomic mass is 14.8. The molecule has 0 saturated heterocycles. The van der Waals surface area contributed by atoms with Crippen molar-refractivity contribution in [2.75, 3.05) is 13.6 Å². The van der Waals surface area contributed by atoms with E-state index in [0.717, 1.165) is 11.8 Å². The number of nitrogens with one attached hydrogen (secondary N) is 1. The molecule has 1 nitrogen and oxygen atoms in total. The van der Waals surface area contributed by atoms with Gasteiger partial charge in [-0.05, 0) is 38.3 Å². The van der Waals surface area contributed by atoms with E-state index in [1.807, 2.05) is 7.05 Å². The third-order valence-electron chi connectivity index (χ3n) is 2.47. The molecule has 1 heteroatoms. The molecule has 12 heavy (non-hydrogen) atoms. The van der Waals surface area contributed by atoms with E-state index in [9.17, 15) is 0 Å². The highest BCUT2D eigenvalue weighted by Gasteiger charge is 2.06. The zero-order valence-corrected chi connectivity index (χ0v) is 9.19. The van der Waals surface area contributed by atoms with Crippen molar-refractivity contribution < 1.29 is 0 Å². The van der Waals surface area contributed by atoms with Crippen LogP contribution in [0.3, 0.4) is 0 Å². The molecule has 0 aliphatic carbocycles. The first kappa shape index (κ1) is 12.0. The lowest BCUT2D eigenvalue weighted by Crippen LogP contribution is -2.13. The standard InChI is InChI=1S/C11H25N/c1-5-6-10(2)9-11(3)7-8-12-4/h10-12H,5-9H2,1-4H3. The van der Waals surface area contributed by atoms with Crippen LogP contribution in [0.25, 0.3) is 0 Å². The van der Waals surface area contributed by atoms with Crippen molar-refractivity contribution >= 4 is 0 Å². The Morgan fingerprint density at radius 1 is 1.08 bits per heavy atom. The fraction of sp³-hybridized carbons (Fsp3) is 1.00. The predicted octanol–water partition coefficient (Wildman–Crippen LogP) is 3.06. The monoisotopic (exact) mass is 171 g/mol. The minimum Gasteiger partial charge on any atom is -0.320 e. The van der Waals surface area contributed by atoms with Gasteiger partial charge in [0.15, 0.2) is 0 Å². The Hall–Kier alpha value is -0.0400. The zero-order chi connectivity index (χ0) is 9.40. The van der Waals surface area contributed by atoms with Crippen molar-refractivity contribution in [3.63, 3.8) is 0 Å². The smallest absolute Gasteiger partial charge is 0.00494 e. The summed E-state index contributed by atoms with van der Waals surface area (Å²) in [5.41, 5.74) is 0. The predicted molar refractivity (Wildman–Crippen MR) is 56.4 cm³/mol. The van der Waals surface area contributed by atoms with Crippen molar-refractivity contribution in [3.05, 3.63) is 0 Å². The Labute approximate surface area is 77.9 Å². The van der Waals surface area contributed by atoms with E-state index >= 15 is 0 Å². The lowest BCUT2D eigenvalue weighted by Gasteiger charge is -2.16. The van der Waals surface area contributed by atoms with Gasteiger partial charge in [0.25, 0.3) is 0 Å². The zero-order valence-electron chi connectivity index (χ0n) is 9.19. The van der Waals surface area contributed by atoms with Gasteiger partial charge in [-0.2, -0.15) is 0 Å². The van der Waals surface area contributed by atoms with E-state index < -0.39 is 0 Å². The molecule has 1 N–H and O–H groups in total. The summed E-state index contributed by atoms with van der Waals surface area (Å²) in [5.74, 6) is 1.81. The molecule has 74 valence electrons. The molecule has 0 radical (unpaired) electrons. The van der Waals surface area contributed by atoms with Crippen molar-refractivity contribution in [2.24, 2.45) is 11.8 Å². The van der Waals surface area contributed by atoms with Gasteiger partial charge >= 0.3 is 0 Å². The molecule has 0 aliphatic heterocycles. The Morgan fingerprint density at radius 3 is 2.17 bits per heavy atom. The highest BCUT2D eigenvalue weighted by Crippen LogP contribution is 2.18. The number of rotatable bonds is 7. The normalized spacial score (nSPS) is 16.0. The van der Waals surface area contributed by atoms with E-state index in [4.69, 9.17) is 0 Å². The fourth-order valence-corrected chi connectivity index (χ4v) is 1.81. The van der Waals surface area contributed by atoms with Crippen molar-refractivity contribution in [1.29, 1.82) is 0 Å². The molecule has 0 aromatic carbocycles. The van der Waals surface area contributed by atoms with Crippen LogP contribution in [-0.4, -0.2) is 13.6 Å². The second-order valence-electron chi connectivity index (χ2n) is 4.13. The molecule has 0 aromatic rings. The van der Waals surface area contributed by atoms with Gasteiger partial charge in [-0.25, -0.2) is 0 Å². The summed E-state index contributed by atoms with van der Waals surface area (Å²) in [6.45, 7) is 8.18. The Kier molecular flexibility index (Phi) is 7.58. The van der Waals surface area contributed by atoms with Gasteiger partial charge in [0.05, 0.1) is 0 Å². The lowest BCUT2D eigenvalue weighted by atomic mass is 9.92. The molecule has 0 aliphatic rings. The van der Waals surface area contributed by atoms with Gasteiger partial charge in [-0.15, -0.1) is 0 Å². The Bertz CT molecular complexity index is 91.0. The highest BCUT2D eigenvalue weighted by molar-refractivity contribution is 4.60. The molecule has 2 unspecified atom stereocenters. The Balaban J connectivity index is 3.33. The first-order valence-corrected chi connectivity index (χ1v) is 5.35. The molecule has 0 spiro atoms. The van der Waals surface area contributed by atoms with Gasteiger partial charge in [-0.1, -0.05) is 33.6 Å². The van der Waals surface area contributed by atoms with E-state index in [0.29, 0.717) is 0 Å². The molecule has 0 fully saturated rings. The summed E-state index contributed by atoms with van der Waals surface area (Å²) in [5, 5.41) is 3.20. The summed E-state index contributed by atoms with van der Waals surface area (Å²) < 4.78 is 0. The quantitative estimate of drug-likeness (QED) is 0.621. The largest absolute Gasteiger partial charge is 0.320 e. The van der Waals surface area contributed by atoms with Crippen LogP contribution >= 0.6 is 0 Å². The maximum Gasteiger partial charge on any atom is -0.00494 e. The third-order valence-corrected chi connectivity index (χ3v) is 2.47. The van der Waals surface area contributed by atoms with Crippen LogP contribution in [0.1, 0.15) is 46.5 Å². The summed E-state index contributed by atoms with van der Waals surface area (Å²) in [6, 6.07) is 0. The van der Waals surface area contributed by atoms with Gasteiger partial charge < -0.3 is 5.32 Å². The van der Waals surface area contributed by atoms with Crippen LogP contribution in [0.15, 0.2) is 0 Å². The fourth-order valence-electron chi connectivity index (χ4n) is 1.81. The van der Waals surface area contributed by atoms with Gasteiger partial charge in [0.2, 0.25) is 0 Å². The summed E-state index contributed by atoms with van der Waals surface area (Å²) in [6.07, 6.45) is 5.45. The average molecular weight is 171 g/mol. The van der Waals surface area contributed by atoms with E-state index in [2.05, 4.69) is 26.1 Å². The second-order valence-corrected chi connectivity index (χ2v) is 4.13. The maximum absolute atomic E-state index is 3.20. The minimum atomic E-state index is 0.888. The van der Waals surface area contributed by atoms with Crippen LogP contribution in [0.4, 0.5) is 0 Å². The molecular weight excluding hydrogens is 146 g/mol. The van der Waals surface area contributed by atoms with E-state index in [1.54, 1.807) is 0 Å². The molecule has 0 saturated carbocycles. The molecule has 0 amide bonds. The molecule has 0 rings (SSSR count). The van der Waals surface area contributed by atoms with Crippen LogP contribution in [0.5, 0.6) is 0 Å². The van der Waals surface area contributed by atoms with Crippen LogP contribution in [0.2, 0.25) is 0 Å². The molecular formula is C11H25N. The van der Waals surface area contributed by atoms with Gasteiger partial charge in [-0.3, -0.25) is 0 Å². The van der Waals surface area contributed by atoms with E-state index in [1.165, 1.54) is 32.2 Å². The van der Waals surface area contributed by atoms with E-state index in [-0.39, 0.29) is 0 Å². The second kappa shape index (κ2) is 7.60. The third kappa shape index (κ3) is 6.66. The molecule has 0 aromatic heterocycles. The van der Waals surface area contributed by atoms with Crippen LogP contribution in [-0.2, 0) is 0 Å². The number of hydrogen-bond acceptors (Lipinski definition) is 1. The van der Waals surface area contributed by atoms with Crippen molar-refractivity contribution in [1.82, 2.24) is 5.32 Å². The molecule has 0 bridgehead atoms. The summed E-state index contributed by atoms with van der Waals surface area (Å²) >= 11 is 0. The van der Waals surface area contributed by atoms with Crippen molar-refractivity contribution in [3.8, 4) is 0 Å². The molecule has 0 heterocycles. The minimum absolute atomic E-state index is 0.888. The first-order valence-electron chi connectivity index (χ1n) is 5.35. The van der Waals surface area contributed by atoms with Gasteiger partial charge in [0, 0.05) is 0 Å². The van der Waals surface area contributed by atoms with Gasteiger partial charge in [0.1, 0.15) is 0 Å². The maximum atomic E-state index is 3.20. The average Bonchev–Trinajstić information content (AvgIpc) is 2.01. The summed E-state index contributed by atoms with van der Waals surface area (Å²) in [4.78, 5) is 0. The lowest BCUT2D eigenvalue weighted by molar-refractivity contribution is 0.373. The van der Waals surface area contributed by atoms with Crippen LogP contribution < -0.4 is 5.32 Å². The SMILES string of the molecule is CCCC(C)CC(C)CCNC. The van der Waals surface area contributed by atoms with Crippen LogP contribution in [0, 0.1) is 11.8 Å². The molecule has 2 atom stereocenters. The Morgan fingerprint density at radius 2 is 1.67 bits per heavy atom. The first-order chi connectivity index (χ1) is 5.70. The number of hydrogen-bond donors (Lipinski definition) is 1.